The Morgan fingerprint density at radius 1 is 0.833 bits per heavy atom. The highest BCUT2D eigenvalue weighted by Gasteiger charge is 2.09. The van der Waals surface area contributed by atoms with Crippen molar-refractivity contribution in [3.63, 3.8) is 0 Å². The third kappa shape index (κ3) is 7.78. The number of hydrogen-bond donors (Lipinski definition) is 3. The average Bonchev–Trinajstić information content (AvgIpc) is 2.73. The first-order chi connectivity index (χ1) is 13.8. The summed E-state index contributed by atoms with van der Waals surface area (Å²) in [4.78, 5) is 0. The number of hydrogen-bond acceptors (Lipinski definition) is 4. The van der Waals surface area contributed by atoms with E-state index in [9.17, 15) is 0 Å². The molecule has 0 fully saturated rings. The van der Waals surface area contributed by atoms with Crippen molar-refractivity contribution in [3.05, 3.63) is 77.4 Å². The molecule has 0 aromatic heterocycles. The lowest BCUT2D eigenvalue weighted by molar-refractivity contribution is 0.292. The Balaban J connectivity index is 0.00000225. The molecule has 0 heterocycles. The number of aryl methyl sites for hydroxylation is 1. The van der Waals surface area contributed by atoms with Crippen LogP contribution < -0.4 is 15.4 Å². The predicted molar refractivity (Wildman–Crippen MR) is 130 cm³/mol. The van der Waals surface area contributed by atoms with Gasteiger partial charge in [-0.25, -0.2) is 0 Å². The molecule has 0 atom stereocenters. The highest BCUT2D eigenvalue weighted by Crippen LogP contribution is 2.28. The number of fused-ring (bicyclic) bond motifs is 1. The lowest BCUT2D eigenvalue weighted by atomic mass is 10.0. The molecule has 0 radical (unpaired) electrons. The molecular weight excluding hydrogens is 419 g/mol. The molecule has 3 aromatic rings. The summed E-state index contributed by atoms with van der Waals surface area (Å²) < 4.78 is 6.20. The minimum absolute atomic E-state index is 0. The van der Waals surface area contributed by atoms with Gasteiger partial charge < -0.3 is 20.5 Å². The average molecular weight is 451 g/mol. The van der Waals surface area contributed by atoms with Crippen molar-refractivity contribution in [2.24, 2.45) is 0 Å². The maximum Gasteiger partial charge on any atom is 0.124 e. The van der Waals surface area contributed by atoms with Crippen molar-refractivity contribution in [2.45, 2.75) is 26.5 Å². The molecular formula is C24H32Cl2N2O2. The lowest BCUT2D eigenvalue weighted by Gasteiger charge is -2.15. The Morgan fingerprint density at radius 3 is 2.33 bits per heavy atom. The van der Waals surface area contributed by atoms with Gasteiger partial charge in [-0.3, -0.25) is 0 Å². The van der Waals surface area contributed by atoms with Crippen molar-refractivity contribution >= 4 is 35.6 Å². The van der Waals surface area contributed by atoms with Crippen LogP contribution in [0, 0.1) is 6.92 Å². The van der Waals surface area contributed by atoms with Crippen LogP contribution in [0.2, 0.25) is 0 Å². The van der Waals surface area contributed by atoms with Crippen molar-refractivity contribution in [1.82, 2.24) is 10.6 Å². The predicted octanol–water partition coefficient (Wildman–Crippen LogP) is 4.63. The first-order valence-electron chi connectivity index (χ1n) is 9.99. The summed E-state index contributed by atoms with van der Waals surface area (Å²) in [5, 5.41) is 18.0. The molecule has 0 aliphatic heterocycles. The van der Waals surface area contributed by atoms with E-state index < -0.39 is 0 Å². The van der Waals surface area contributed by atoms with Crippen LogP contribution in [0.3, 0.4) is 0 Å². The number of rotatable bonds is 11. The van der Waals surface area contributed by atoms with Crippen molar-refractivity contribution < 1.29 is 9.84 Å². The number of aliphatic hydroxyl groups is 1. The maximum absolute atomic E-state index is 8.80. The SMILES string of the molecule is Cc1ccc(COc2ccc3ccccc3c2CNCCCNCCO)cc1.Cl.Cl. The van der Waals surface area contributed by atoms with Gasteiger partial charge in [-0.05, 0) is 48.8 Å². The van der Waals surface area contributed by atoms with Crippen LogP contribution in [0.15, 0.2) is 60.7 Å². The molecule has 0 aliphatic carbocycles. The van der Waals surface area contributed by atoms with Gasteiger partial charge >= 0.3 is 0 Å². The first kappa shape index (κ1) is 26.2. The molecule has 0 unspecified atom stereocenters. The van der Waals surface area contributed by atoms with E-state index >= 15 is 0 Å². The zero-order chi connectivity index (χ0) is 19.6. The molecule has 0 saturated heterocycles. The van der Waals surface area contributed by atoms with E-state index in [4.69, 9.17) is 9.84 Å². The fourth-order valence-corrected chi connectivity index (χ4v) is 3.23. The topological polar surface area (TPSA) is 53.5 Å². The van der Waals surface area contributed by atoms with Gasteiger partial charge in [0.2, 0.25) is 0 Å². The highest BCUT2D eigenvalue weighted by atomic mass is 35.5. The van der Waals surface area contributed by atoms with Gasteiger partial charge in [0.15, 0.2) is 0 Å². The highest BCUT2D eigenvalue weighted by molar-refractivity contribution is 5.87. The van der Waals surface area contributed by atoms with E-state index in [1.54, 1.807) is 0 Å². The quantitative estimate of drug-likeness (QED) is 0.372. The molecule has 0 amide bonds. The molecule has 6 heteroatoms. The molecule has 0 saturated carbocycles. The summed E-state index contributed by atoms with van der Waals surface area (Å²) in [6.45, 7) is 6.09. The lowest BCUT2D eigenvalue weighted by Crippen LogP contribution is -2.24. The fraction of sp³-hybridized carbons (Fsp3) is 0.333. The zero-order valence-corrected chi connectivity index (χ0v) is 19.0. The summed E-state index contributed by atoms with van der Waals surface area (Å²) >= 11 is 0. The largest absolute Gasteiger partial charge is 0.489 e. The van der Waals surface area contributed by atoms with E-state index in [1.165, 1.54) is 27.5 Å². The van der Waals surface area contributed by atoms with Crippen LogP contribution >= 0.6 is 24.8 Å². The van der Waals surface area contributed by atoms with E-state index in [2.05, 4.69) is 78.2 Å². The normalized spacial score (nSPS) is 10.3. The van der Waals surface area contributed by atoms with Gasteiger partial charge in [-0.1, -0.05) is 60.2 Å². The van der Waals surface area contributed by atoms with Crippen molar-refractivity contribution in [2.75, 3.05) is 26.2 Å². The summed E-state index contributed by atoms with van der Waals surface area (Å²) in [6.07, 6.45) is 1.02. The molecule has 4 nitrogen and oxygen atoms in total. The summed E-state index contributed by atoms with van der Waals surface area (Å²) in [7, 11) is 0. The van der Waals surface area contributed by atoms with Gasteiger partial charge in [0.25, 0.3) is 0 Å². The van der Waals surface area contributed by atoms with Gasteiger partial charge in [-0.15, -0.1) is 24.8 Å². The first-order valence-corrected chi connectivity index (χ1v) is 9.99. The molecule has 0 bridgehead atoms. The Hall–Kier alpha value is -1.82. The Bertz CT molecular complexity index is 873. The molecule has 30 heavy (non-hydrogen) atoms. The van der Waals surface area contributed by atoms with Crippen molar-refractivity contribution in [3.8, 4) is 5.75 Å². The second kappa shape index (κ2) is 14.2. The van der Waals surface area contributed by atoms with Gasteiger partial charge in [-0.2, -0.15) is 0 Å². The van der Waals surface area contributed by atoms with E-state index in [0.29, 0.717) is 13.2 Å². The number of aliphatic hydroxyl groups excluding tert-OH is 1. The minimum atomic E-state index is 0. The molecule has 3 N–H and O–H groups in total. The molecule has 0 aliphatic rings. The number of benzene rings is 3. The van der Waals surface area contributed by atoms with Crippen LogP contribution in [0.5, 0.6) is 5.75 Å². The molecule has 3 rings (SSSR count). The van der Waals surface area contributed by atoms with Crippen molar-refractivity contribution in [1.29, 1.82) is 0 Å². The van der Waals surface area contributed by atoms with Gasteiger partial charge in [0.05, 0.1) is 6.61 Å². The second-order valence-corrected chi connectivity index (χ2v) is 7.04. The molecule has 3 aromatic carbocycles. The molecule has 164 valence electrons. The fourth-order valence-electron chi connectivity index (χ4n) is 3.23. The number of halogens is 2. The maximum atomic E-state index is 8.80. The molecule has 0 spiro atoms. The van der Waals surface area contributed by atoms with E-state index in [-0.39, 0.29) is 31.4 Å². The number of nitrogens with one attached hydrogen (secondary N) is 2. The second-order valence-electron chi connectivity index (χ2n) is 7.04. The van der Waals surface area contributed by atoms with Crippen LogP contribution in [-0.4, -0.2) is 31.3 Å². The van der Waals surface area contributed by atoms with Crippen LogP contribution in [0.4, 0.5) is 0 Å². The standard InChI is InChI=1S/C24H30N2O2.2ClH/c1-19-7-9-20(10-8-19)18-28-24-12-11-21-5-2-3-6-22(21)23(24)17-26-14-4-13-25-15-16-27;;/h2-3,5-12,25-27H,4,13-18H2,1H3;2*1H. The van der Waals surface area contributed by atoms with Crippen LogP contribution in [0.25, 0.3) is 10.8 Å². The smallest absolute Gasteiger partial charge is 0.124 e. The number of ether oxygens (including phenoxy) is 1. The van der Waals surface area contributed by atoms with Gasteiger partial charge in [0.1, 0.15) is 12.4 Å². The summed E-state index contributed by atoms with van der Waals surface area (Å²) in [5.74, 6) is 0.935. The van der Waals surface area contributed by atoms with Crippen LogP contribution in [-0.2, 0) is 13.2 Å². The third-order valence-corrected chi connectivity index (χ3v) is 4.81. The Morgan fingerprint density at radius 2 is 1.57 bits per heavy atom. The van der Waals surface area contributed by atoms with E-state index in [1.807, 2.05) is 0 Å². The summed E-state index contributed by atoms with van der Waals surface area (Å²) in [6, 6.07) is 21.1. The van der Waals surface area contributed by atoms with E-state index in [0.717, 1.165) is 31.8 Å². The van der Waals surface area contributed by atoms with Gasteiger partial charge in [0, 0.05) is 18.7 Å². The summed E-state index contributed by atoms with van der Waals surface area (Å²) in [5.41, 5.74) is 3.63. The zero-order valence-electron chi connectivity index (χ0n) is 17.4. The third-order valence-electron chi connectivity index (χ3n) is 4.81. The minimum Gasteiger partial charge on any atom is -0.489 e. The monoisotopic (exact) mass is 450 g/mol. The Labute approximate surface area is 191 Å². The van der Waals surface area contributed by atoms with Crippen LogP contribution in [0.1, 0.15) is 23.1 Å². The Kier molecular flexibility index (Phi) is 12.4.